The van der Waals surface area contributed by atoms with E-state index in [1.54, 1.807) is 38.1 Å². The van der Waals surface area contributed by atoms with Crippen molar-refractivity contribution in [1.29, 1.82) is 0 Å². The maximum absolute atomic E-state index is 12.8. The third-order valence-corrected chi connectivity index (χ3v) is 8.16. The Bertz CT molecular complexity index is 1180. The molecule has 1 aromatic rings. The van der Waals surface area contributed by atoms with Crippen molar-refractivity contribution in [3.63, 3.8) is 0 Å². The number of amides is 5. The minimum atomic E-state index is -0.804. The Labute approximate surface area is 261 Å². The van der Waals surface area contributed by atoms with E-state index in [2.05, 4.69) is 16.0 Å². The summed E-state index contributed by atoms with van der Waals surface area (Å²) in [5.74, 6) is -2.37. The summed E-state index contributed by atoms with van der Waals surface area (Å²) in [6.07, 6.45) is 3.11. The number of hydrogen-bond donors (Lipinski definition) is 3. The maximum Gasteiger partial charge on any atom is 0.308 e. The van der Waals surface area contributed by atoms with Crippen LogP contribution in [0.5, 0.6) is 0 Å². The fourth-order valence-corrected chi connectivity index (χ4v) is 4.78. The molecule has 1 aromatic carbocycles. The number of carbonyl (C=O) groups is 6. The van der Waals surface area contributed by atoms with Gasteiger partial charge in [-0.1, -0.05) is 73.4 Å². The molecule has 0 saturated carbocycles. The molecule has 2 atom stereocenters. The summed E-state index contributed by atoms with van der Waals surface area (Å²) in [5, 5.41) is 8.05. The second-order valence-electron chi connectivity index (χ2n) is 12.8. The van der Waals surface area contributed by atoms with Gasteiger partial charge in [0.05, 0.1) is 18.4 Å². The zero-order valence-electron chi connectivity index (χ0n) is 27.3. The van der Waals surface area contributed by atoms with Crippen molar-refractivity contribution >= 4 is 41.2 Å². The number of anilines is 1. The number of esters is 1. The molecule has 1 fully saturated rings. The summed E-state index contributed by atoms with van der Waals surface area (Å²) >= 11 is 0. The van der Waals surface area contributed by atoms with Crippen LogP contribution in [0.25, 0.3) is 0 Å². The summed E-state index contributed by atoms with van der Waals surface area (Å²) in [6.45, 7) is 13.4. The van der Waals surface area contributed by atoms with Gasteiger partial charge in [0.25, 0.3) is 0 Å². The lowest BCUT2D eigenvalue weighted by atomic mass is 9.76. The molecule has 44 heavy (non-hydrogen) atoms. The molecule has 0 spiro atoms. The first-order valence-corrected chi connectivity index (χ1v) is 15.6. The van der Waals surface area contributed by atoms with Gasteiger partial charge >= 0.3 is 5.97 Å². The standard InChI is InChI=1S/C33H50N4O7/c1-8-33(6,7)25-18-28(40)37(31(25)42)17-11-9-10-12-26(38)36-29(21(2)3)30(41)34-19-27(39)35-24-15-13-23(14-16-24)20-44-32(43)22(4)5/h13-16,21-22,25,29H,8-12,17-20H2,1-7H3,(H,34,41)(H,35,39)(H,36,38)/t25?,29-/m0/s1. The van der Waals surface area contributed by atoms with Crippen molar-refractivity contribution in [1.82, 2.24) is 15.5 Å². The molecule has 0 bridgehead atoms. The molecule has 0 aromatic heterocycles. The van der Waals surface area contributed by atoms with E-state index in [0.29, 0.717) is 31.5 Å². The van der Waals surface area contributed by atoms with Gasteiger partial charge in [0, 0.05) is 25.1 Å². The minimum absolute atomic E-state index is 0.0988. The molecule has 11 nitrogen and oxygen atoms in total. The topological polar surface area (TPSA) is 151 Å². The summed E-state index contributed by atoms with van der Waals surface area (Å²) < 4.78 is 5.19. The molecule has 5 amide bonds. The number of rotatable bonds is 17. The van der Waals surface area contributed by atoms with Crippen LogP contribution in [0.3, 0.4) is 0 Å². The Morgan fingerprint density at radius 2 is 1.64 bits per heavy atom. The van der Waals surface area contributed by atoms with E-state index in [0.717, 1.165) is 12.0 Å². The average molecular weight is 615 g/mol. The SMILES string of the molecule is CCC(C)(C)C1CC(=O)N(CCCCCC(=O)N[C@H](C(=O)NCC(=O)Nc2ccc(COC(=O)C(C)C)cc2)C(C)C)C1=O. The van der Waals surface area contributed by atoms with Gasteiger partial charge in [-0.3, -0.25) is 33.7 Å². The number of carbonyl (C=O) groups excluding carboxylic acids is 6. The molecular formula is C33H50N4O7. The number of imide groups is 1. The van der Waals surface area contributed by atoms with E-state index >= 15 is 0 Å². The van der Waals surface area contributed by atoms with Crippen molar-refractivity contribution in [3.05, 3.63) is 29.8 Å². The molecule has 1 aliphatic heterocycles. The fraction of sp³-hybridized carbons (Fsp3) is 0.636. The van der Waals surface area contributed by atoms with Crippen LogP contribution in [0.15, 0.2) is 24.3 Å². The highest BCUT2D eigenvalue weighted by Gasteiger charge is 2.45. The van der Waals surface area contributed by atoms with Gasteiger partial charge < -0.3 is 20.7 Å². The molecule has 0 aliphatic carbocycles. The fourth-order valence-electron chi connectivity index (χ4n) is 4.78. The Hall–Kier alpha value is -3.76. The quantitative estimate of drug-likeness (QED) is 0.137. The lowest BCUT2D eigenvalue weighted by molar-refractivity contribution is -0.148. The van der Waals surface area contributed by atoms with Gasteiger partial charge in [0.1, 0.15) is 12.6 Å². The van der Waals surface area contributed by atoms with Crippen LogP contribution in [0, 0.1) is 23.2 Å². The zero-order valence-corrected chi connectivity index (χ0v) is 27.3. The predicted octanol–water partition coefficient (Wildman–Crippen LogP) is 3.95. The van der Waals surface area contributed by atoms with Crippen LogP contribution < -0.4 is 16.0 Å². The van der Waals surface area contributed by atoms with Crippen LogP contribution in [0.4, 0.5) is 5.69 Å². The highest BCUT2D eigenvalue weighted by molar-refractivity contribution is 6.04. The number of likely N-dealkylation sites (tertiary alicyclic amines) is 1. The van der Waals surface area contributed by atoms with E-state index < -0.39 is 17.9 Å². The Balaban J connectivity index is 1.72. The van der Waals surface area contributed by atoms with E-state index in [1.165, 1.54) is 4.90 Å². The minimum Gasteiger partial charge on any atom is -0.461 e. The molecule has 11 heteroatoms. The lowest BCUT2D eigenvalue weighted by Gasteiger charge is -2.28. The van der Waals surface area contributed by atoms with Crippen LogP contribution in [0.2, 0.25) is 0 Å². The molecule has 244 valence electrons. The molecule has 0 radical (unpaired) electrons. The first-order valence-electron chi connectivity index (χ1n) is 15.6. The largest absolute Gasteiger partial charge is 0.461 e. The van der Waals surface area contributed by atoms with Crippen molar-refractivity contribution in [2.75, 3.05) is 18.4 Å². The number of unbranched alkanes of at least 4 members (excludes halogenated alkanes) is 2. The average Bonchev–Trinajstić information content (AvgIpc) is 3.27. The summed E-state index contributed by atoms with van der Waals surface area (Å²) in [6, 6.07) is 6.03. The smallest absolute Gasteiger partial charge is 0.308 e. The van der Waals surface area contributed by atoms with Gasteiger partial charge in [-0.2, -0.15) is 0 Å². The van der Waals surface area contributed by atoms with Crippen LogP contribution in [-0.4, -0.2) is 59.5 Å². The van der Waals surface area contributed by atoms with Crippen molar-refractivity contribution < 1.29 is 33.5 Å². The molecular weight excluding hydrogens is 564 g/mol. The predicted molar refractivity (Wildman–Crippen MR) is 167 cm³/mol. The Morgan fingerprint density at radius 1 is 0.977 bits per heavy atom. The summed E-state index contributed by atoms with van der Waals surface area (Å²) in [4.78, 5) is 75.9. The number of nitrogens with zero attached hydrogens (tertiary/aromatic N) is 1. The highest BCUT2D eigenvalue weighted by Crippen LogP contribution is 2.38. The number of ether oxygens (including phenoxy) is 1. The van der Waals surface area contributed by atoms with Crippen LogP contribution in [-0.2, 0) is 40.1 Å². The zero-order chi connectivity index (χ0) is 33.0. The van der Waals surface area contributed by atoms with Gasteiger partial charge in [0.2, 0.25) is 29.5 Å². The third-order valence-electron chi connectivity index (χ3n) is 8.16. The van der Waals surface area contributed by atoms with Gasteiger partial charge in [-0.25, -0.2) is 0 Å². The van der Waals surface area contributed by atoms with E-state index in [1.807, 2.05) is 34.6 Å². The maximum atomic E-state index is 12.8. The molecule has 2 rings (SSSR count). The lowest BCUT2D eigenvalue weighted by Crippen LogP contribution is -2.51. The Kier molecular flexibility index (Phi) is 14.0. The molecule has 1 saturated heterocycles. The first-order chi connectivity index (χ1) is 20.7. The monoisotopic (exact) mass is 614 g/mol. The van der Waals surface area contributed by atoms with Crippen molar-refractivity contribution in [3.8, 4) is 0 Å². The Morgan fingerprint density at radius 3 is 2.23 bits per heavy atom. The molecule has 1 aliphatic rings. The van der Waals surface area contributed by atoms with E-state index in [9.17, 15) is 28.8 Å². The summed E-state index contributed by atoms with van der Waals surface area (Å²) in [5.41, 5.74) is 1.09. The molecule has 1 unspecified atom stereocenters. The third kappa shape index (κ3) is 11.1. The second-order valence-corrected chi connectivity index (χ2v) is 12.8. The normalized spacial score (nSPS) is 15.8. The van der Waals surface area contributed by atoms with E-state index in [-0.39, 0.29) is 72.9 Å². The highest BCUT2D eigenvalue weighted by atomic mass is 16.5. The second kappa shape index (κ2) is 16.9. The first kappa shape index (κ1) is 36.4. The van der Waals surface area contributed by atoms with Crippen molar-refractivity contribution in [2.24, 2.45) is 23.2 Å². The number of benzene rings is 1. The van der Waals surface area contributed by atoms with Gasteiger partial charge in [0.15, 0.2) is 0 Å². The van der Waals surface area contributed by atoms with Gasteiger partial charge in [-0.05, 0) is 41.9 Å². The molecule has 3 N–H and O–H groups in total. The van der Waals surface area contributed by atoms with Crippen molar-refractivity contribution in [2.45, 2.75) is 99.6 Å². The number of hydrogen-bond acceptors (Lipinski definition) is 7. The van der Waals surface area contributed by atoms with E-state index in [4.69, 9.17) is 4.74 Å². The number of nitrogens with one attached hydrogen (secondary N) is 3. The van der Waals surface area contributed by atoms with Gasteiger partial charge in [-0.15, -0.1) is 0 Å². The molecule has 1 heterocycles. The van der Waals surface area contributed by atoms with Crippen LogP contribution in [0.1, 0.15) is 92.6 Å². The van der Waals surface area contributed by atoms with Crippen LogP contribution >= 0.6 is 0 Å². The summed E-state index contributed by atoms with van der Waals surface area (Å²) in [7, 11) is 0.